The maximum Gasteiger partial charge on any atom is 0.518 e. The first kappa shape index (κ1) is 11.2. The minimum atomic E-state index is -0.719. The van der Waals surface area contributed by atoms with Crippen molar-refractivity contribution in [2.45, 2.75) is 18.8 Å². The van der Waals surface area contributed by atoms with Crippen molar-refractivity contribution in [1.29, 1.82) is 0 Å². The van der Waals surface area contributed by atoms with Crippen molar-refractivity contribution in [3.05, 3.63) is 0 Å². The van der Waals surface area contributed by atoms with Gasteiger partial charge in [-0.1, -0.05) is 0 Å². The molecule has 2 aliphatic heterocycles. The monoisotopic (exact) mass is 251 g/mol. The number of ether oxygens (including phenoxy) is 3. The molecule has 0 spiro atoms. The zero-order chi connectivity index (χ0) is 10.7. The van der Waals surface area contributed by atoms with Crippen LogP contribution >= 0.6 is 18.0 Å². The molecule has 1 unspecified atom stereocenters. The van der Waals surface area contributed by atoms with Crippen LogP contribution in [-0.4, -0.2) is 31.8 Å². The molecule has 2 aliphatic rings. The number of hydrogen-bond donors (Lipinski definition) is 0. The molecule has 6 nitrogen and oxygen atoms in total. The van der Waals surface area contributed by atoms with Gasteiger partial charge in [-0.15, -0.1) is 0 Å². The summed E-state index contributed by atoms with van der Waals surface area (Å²) in [7, 11) is 2.31. The number of carbonyl (C=O) groups is 1. The van der Waals surface area contributed by atoms with E-state index in [4.69, 9.17) is 14.2 Å². The van der Waals surface area contributed by atoms with E-state index in [2.05, 4.69) is 18.4 Å². The van der Waals surface area contributed by atoms with Crippen LogP contribution in [0.15, 0.2) is 4.52 Å². The Balaban J connectivity index is 1.82. The van der Waals surface area contributed by atoms with E-state index in [1.807, 2.05) is 0 Å². The van der Waals surface area contributed by atoms with Crippen LogP contribution < -0.4 is 0 Å². The summed E-state index contributed by atoms with van der Waals surface area (Å²) in [6.07, 6.45) is -0.338. The molecule has 2 rings (SSSR count). The molecule has 0 amide bonds. The third kappa shape index (κ3) is 2.64. The fraction of sp³-hybridized carbons (Fsp3) is 0.857. The van der Waals surface area contributed by atoms with E-state index in [0.29, 0.717) is 13.2 Å². The minimum Gasteiger partial charge on any atom is -0.428 e. The second-order valence-electron chi connectivity index (χ2n) is 3.22. The van der Waals surface area contributed by atoms with Gasteiger partial charge in [0.25, 0.3) is 8.60 Å². The third-order valence-electron chi connectivity index (χ3n) is 2.40. The van der Waals surface area contributed by atoms with Crippen LogP contribution in [0.4, 0.5) is 4.79 Å². The van der Waals surface area contributed by atoms with Gasteiger partial charge in [0.05, 0.1) is 19.1 Å². The Labute approximate surface area is 90.8 Å². The highest BCUT2D eigenvalue weighted by molar-refractivity contribution is 7.31. The van der Waals surface area contributed by atoms with Crippen molar-refractivity contribution in [2.75, 3.05) is 13.2 Å². The summed E-state index contributed by atoms with van der Waals surface area (Å²) < 4.78 is 23.8. The number of carbonyl (C=O) groups excluding carboxylic acids is 1. The molecule has 0 aromatic heterocycles. The summed E-state index contributed by atoms with van der Waals surface area (Å²) in [5, 5.41) is 0. The van der Waals surface area contributed by atoms with Crippen molar-refractivity contribution in [3.63, 3.8) is 0 Å². The summed E-state index contributed by atoms with van der Waals surface area (Å²) in [6, 6.07) is 0. The van der Waals surface area contributed by atoms with Gasteiger partial charge in [0, 0.05) is 0 Å². The zero-order valence-electron chi connectivity index (χ0n) is 7.87. The lowest BCUT2D eigenvalue weighted by Gasteiger charge is -2.13. The molecule has 8 heteroatoms. The topological polar surface area (TPSA) is 66.4 Å². The maximum atomic E-state index is 11.1. The smallest absolute Gasteiger partial charge is 0.428 e. The highest BCUT2D eigenvalue weighted by atomic mass is 31.1. The van der Waals surface area contributed by atoms with Gasteiger partial charge in [-0.3, -0.25) is 0 Å². The Kier molecular flexibility index (Phi) is 3.87. The summed E-state index contributed by atoms with van der Waals surface area (Å²) in [4.78, 5) is 11.1. The summed E-state index contributed by atoms with van der Waals surface area (Å²) in [6.45, 7) is 1.03. The van der Waals surface area contributed by atoms with E-state index in [0.717, 1.165) is 6.42 Å². The van der Waals surface area contributed by atoms with E-state index in [1.54, 1.807) is 0 Å². The number of fused-ring (bicyclic) bond motifs is 1. The van der Waals surface area contributed by atoms with Gasteiger partial charge in [0.15, 0.2) is 6.29 Å². The largest absolute Gasteiger partial charge is 0.518 e. The molecule has 2 saturated heterocycles. The third-order valence-corrected chi connectivity index (χ3v) is 3.00. The quantitative estimate of drug-likeness (QED) is 0.552. The zero-order valence-corrected chi connectivity index (χ0v) is 9.92. The summed E-state index contributed by atoms with van der Waals surface area (Å²) >= 11 is 0. The van der Waals surface area contributed by atoms with Gasteiger partial charge in [-0.2, -0.15) is 0 Å². The molecule has 0 radical (unpaired) electrons. The van der Waals surface area contributed by atoms with Gasteiger partial charge in [-0.05, 0) is 15.8 Å². The molecule has 0 aliphatic carbocycles. The van der Waals surface area contributed by atoms with Gasteiger partial charge >= 0.3 is 6.16 Å². The number of hydrogen-bond acceptors (Lipinski definition) is 6. The Morgan fingerprint density at radius 2 is 2.40 bits per heavy atom. The van der Waals surface area contributed by atoms with Crippen LogP contribution in [0, 0.1) is 5.92 Å². The van der Waals surface area contributed by atoms with Crippen LogP contribution in [0.25, 0.3) is 0 Å². The van der Waals surface area contributed by atoms with E-state index >= 15 is 0 Å². The second-order valence-corrected chi connectivity index (χ2v) is 4.49. The number of nitrogens with zero attached hydrogens (tertiary/aromatic N) is 1. The Morgan fingerprint density at radius 1 is 1.53 bits per heavy atom. The molecule has 84 valence electrons. The lowest BCUT2D eigenvalue weighted by atomic mass is 10.0. The van der Waals surface area contributed by atoms with Crippen LogP contribution in [0.1, 0.15) is 6.42 Å². The average Bonchev–Trinajstić information content (AvgIpc) is 2.80. The molecule has 2 heterocycles. The fourth-order valence-electron chi connectivity index (χ4n) is 1.75. The number of rotatable bonds is 2. The van der Waals surface area contributed by atoms with Crippen molar-refractivity contribution in [3.8, 4) is 0 Å². The molecule has 0 aromatic carbocycles. The molecule has 0 aromatic rings. The second kappa shape index (κ2) is 5.17. The first-order valence-electron chi connectivity index (χ1n) is 4.52. The summed E-state index contributed by atoms with van der Waals surface area (Å²) in [5.74, 6) is 0.141. The predicted octanol–water partition coefficient (Wildman–Crippen LogP) is 1.74. The molecular weight excluding hydrogens is 240 g/mol. The van der Waals surface area contributed by atoms with Crippen LogP contribution in [0.3, 0.4) is 0 Å². The van der Waals surface area contributed by atoms with Crippen LogP contribution in [0.5, 0.6) is 0 Å². The first-order valence-corrected chi connectivity index (χ1v) is 5.80. The van der Waals surface area contributed by atoms with Gasteiger partial charge < -0.3 is 18.7 Å². The van der Waals surface area contributed by atoms with E-state index in [1.165, 1.54) is 0 Å². The van der Waals surface area contributed by atoms with Gasteiger partial charge in [0.1, 0.15) is 6.10 Å². The van der Waals surface area contributed by atoms with Crippen LogP contribution in [0.2, 0.25) is 0 Å². The highest BCUT2D eigenvalue weighted by Crippen LogP contribution is 2.33. The van der Waals surface area contributed by atoms with Crippen molar-refractivity contribution >= 4 is 24.1 Å². The Morgan fingerprint density at radius 3 is 3.20 bits per heavy atom. The molecular formula is C7H11NO5P2. The predicted molar refractivity (Wildman–Crippen MR) is 54.2 cm³/mol. The summed E-state index contributed by atoms with van der Waals surface area (Å²) in [5.41, 5.74) is 0. The average molecular weight is 251 g/mol. The molecule has 0 bridgehead atoms. The minimum absolute atomic E-state index is 0.141. The van der Waals surface area contributed by atoms with E-state index in [9.17, 15) is 4.79 Å². The standard InChI is InChI=1S/C7H11NO5P2/c9-7(13-15-8-14)12-5-3-11-6-4(5)1-2-10-6/h4-6H,1-3,14H2/t4-,5-,6+/m0/s1. The van der Waals surface area contributed by atoms with Gasteiger partial charge in [0.2, 0.25) is 0 Å². The van der Waals surface area contributed by atoms with E-state index < -0.39 is 6.16 Å². The molecule has 4 atom stereocenters. The Bertz CT molecular complexity index is 274. The SMILES string of the molecule is O=C(OP=NP)O[C@H]1CO[C@H]2OCC[C@H]21. The molecule has 2 fully saturated rings. The molecule has 0 saturated carbocycles. The van der Waals surface area contributed by atoms with Gasteiger partial charge in [-0.25, -0.2) is 9.31 Å². The molecule has 0 N–H and O–H groups in total. The Hall–Kier alpha value is -0.280. The molecule has 15 heavy (non-hydrogen) atoms. The first-order chi connectivity index (χ1) is 7.31. The fourth-order valence-corrected chi connectivity index (χ4v) is 2.05. The highest BCUT2D eigenvalue weighted by Gasteiger charge is 2.44. The normalized spacial score (nSPS) is 34.3. The van der Waals surface area contributed by atoms with E-state index in [-0.39, 0.29) is 26.9 Å². The lowest BCUT2D eigenvalue weighted by Crippen LogP contribution is -2.25. The maximum absolute atomic E-state index is 11.1. The van der Waals surface area contributed by atoms with Crippen molar-refractivity contribution < 1.29 is 23.5 Å². The van der Waals surface area contributed by atoms with Crippen LogP contribution in [-0.2, 0) is 18.7 Å². The lowest BCUT2D eigenvalue weighted by molar-refractivity contribution is -0.0907. The van der Waals surface area contributed by atoms with Crippen molar-refractivity contribution in [1.82, 2.24) is 0 Å². The van der Waals surface area contributed by atoms with Crippen molar-refractivity contribution in [2.24, 2.45) is 10.4 Å².